The fourth-order valence-electron chi connectivity index (χ4n) is 3.86. The number of anilines is 1. The summed E-state index contributed by atoms with van der Waals surface area (Å²) in [6.45, 7) is 3.63. The molecular weight excluding hydrogens is 473 g/mol. The van der Waals surface area contributed by atoms with Crippen molar-refractivity contribution in [3.8, 4) is 33.9 Å². The van der Waals surface area contributed by atoms with Crippen LogP contribution in [0.5, 0.6) is 11.5 Å². The fourth-order valence-corrected chi connectivity index (χ4v) is 4.19. The number of nitrogens with one attached hydrogen (secondary N) is 1. The van der Waals surface area contributed by atoms with E-state index in [1.54, 1.807) is 30.5 Å². The minimum absolute atomic E-state index is 0.214. The van der Waals surface area contributed by atoms with Crippen molar-refractivity contribution in [3.63, 3.8) is 0 Å². The third-order valence-electron chi connectivity index (χ3n) is 5.36. The van der Waals surface area contributed by atoms with Crippen LogP contribution >= 0.6 is 23.2 Å². The minimum atomic E-state index is -0.800. The molecule has 8 heteroatoms. The molecule has 2 heterocycles. The van der Waals surface area contributed by atoms with Crippen molar-refractivity contribution in [2.24, 2.45) is 0 Å². The predicted molar refractivity (Wildman–Crippen MR) is 134 cm³/mol. The highest BCUT2D eigenvalue weighted by molar-refractivity contribution is 6.30. The van der Waals surface area contributed by atoms with Crippen molar-refractivity contribution in [2.45, 2.75) is 25.5 Å². The highest BCUT2D eigenvalue weighted by Gasteiger charge is 2.34. The average Bonchev–Trinajstić information content (AvgIpc) is 3.40. The maximum Gasteiger partial charge on any atom is 0.346 e. The highest BCUT2D eigenvalue weighted by atomic mass is 35.5. The van der Waals surface area contributed by atoms with E-state index < -0.39 is 11.8 Å². The lowest BCUT2D eigenvalue weighted by Gasteiger charge is -2.16. The van der Waals surface area contributed by atoms with Crippen LogP contribution in [-0.4, -0.2) is 21.6 Å². The van der Waals surface area contributed by atoms with E-state index in [0.717, 1.165) is 22.3 Å². The van der Waals surface area contributed by atoms with Gasteiger partial charge in [-0.1, -0.05) is 54.1 Å². The van der Waals surface area contributed by atoms with Crippen LogP contribution in [0.4, 0.5) is 10.5 Å². The lowest BCUT2D eigenvalue weighted by atomic mass is 10.0. The minimum Gasteiger partial charge on any atom is -0.449 e. The Morgan fingerprint density at radius 3 is 2.47 bits per heavy atom. The number of benzene rings is 3. The van der Waals surface area contributed by atoms with Gasteiger partial charge in [-0.3, -0.25) is 0 Å². The maximum absolute atomic E-state index is 13.2. The molecule has 34 heavy (non-hydrogen) atoms. The van der Waals surface area contributed by atoms with Crippen LogP contribution in [0.2, 0.25) is 5.02 Å². The Bertz CT molecular complexity index is 1370. The van der Waals surface area contributed by atoms with Crippen LogP contribution in [0.15, 0.2) is 72.9 Å². The van der Waals surface area contributed by atoms with Gasteiger partial charge in [-0.05, 0) is 23.8 Å². The van der Waals surface area contributed by atoms with Crippen molar-refractivity contribution < 1.29 is 14.3 Å². The summed E-state index contributed by atoms with van der Waals surface area (Å²) < 4.78 is 13.0. The molecule has 0 bridgehead atoms. The number of carbonyl (C=O) groups excluding carboxylic acids is 1. The summed E-state index contributed by atoms with van der Waals surface area (Å²) >= 11 is 12.2. The zero-order chi connectivity index (χ0) is 23.9. The number of halogens is 2. The quantitative estimate of drug-likeness (QED) is 0.305. The number of amides is 1. The van der Waals surface area contributed by atoms with E-state index in [9.17, 15) is 4.79 Å². The van der Waals surface area contributed by atoms with Crippen LogP contribution in [0.25, 0.3) is 22.4 Å². The van der Waals surface area contributed by atoms with Gasteiger partial charge in [0.05, 0.1) is 5.88 Å². The molecule has 3 aromatic carbocycles. The Kier molecular flexibility index (Phi) is 5.71. The lowest BCUT2D eigenvalue weighted by Crippen LogP contribution is -2.29. The van der Waals surface area contributed by atoms with Crippen molar-refractivity contribution in [1.29, 1.82) is 0 Å². The zero-order valence-corrected chi connectivity index (χ0v) is 20.0. The first-order chi connectivity index (χ1) is 16.3. The van der Waals surface area contributed by atoms with Crippen LogP contribution < -0.4 is 14.8 Å². The number of aromatic nitrogens is 2. The molecule has 1 N–H and O–H groups in total. The number of alkyl halides is 1. The number of ether oxygens (including phenoxy) is 2. The molecule has 1 amide bonds. The molecule has 0 atom stereocenters. The average molecular weight is 494 g/mol. The van der Waals surface area contributed by atoms with E-state index in [1.165, 1.54) is 4.68 Å². The van der Waals surface area contributed by atoms with E-state index in [0.29, 0.717) is 27.9 Å². The first-order valence-electron chi connectivity index (χ1n) is 10.7. The van der Waals surface area contributed by atoms with Crippen LogP contribution in [0.1, 0.15) is 19.4 Å². The van der Waals surface area contributed by atoms with Crippen molar-refractivity contribution in [3.05, 3.63) is 83.5 Å². The second-order valence-corrected chi connectivity index (χ2v) is 9.04. The molecule has 0 unspecified atom stereocenters. The van der Waals surface area contributed by atoms with Gasteiger partial charge < -0.3 is 14.8 Å². The first kappa shape index (κ1) is 22.3. The molecule has 5 rings (SSSR count). The van der Waals surface area contributed by atoms with E-state index in [1.807, 2.05) is 56.3 Å². The molecule has 0 saturated carbocycles. The second-order valence-electron chi connectivity index (χ2n) is 8.34. The molecule has 0 fully saturated rings. The molecule has 6 nitrogen and oxygen atoms in total. The molecule has 1 aliphatic rings. The predicted octanol–water partition coefficient (Wildman–Crippen LogP) is 7.20. The Morgan fingerprint density at radius 2 is 1.76 bits per heavy atom. The molecule has 172 valence electrons. The Morgan fingerprint density at radius 1 is 1.03 bits per heavy atom. The number of fused-ring (bicyclic) bond motifs is 1. The van der Waals surface area contributed by atoms with E-state index >= 15 is 0 Å². The van der Waals surface area contributed by atoms with Crippen LogP contribution in [-0.2, 0) is 5.88 Å². The van der Waals surface area contributed by atoms with Crippen molar-refractivity contribution in [1.82, 2.24) is 9.78 Å². The van der Waals surface area contributed by atoms with E-state index in [4.69, 9.17) is 32.7 Å². The van der Waals surface area contributed by atoms with Crippen molar-refractivity contribution in [2.75, 3.05) is 5.32 Å². The third kappa shape index (κ3) is 4.34. The molecular formula is C26H21Cl2N3O3. The van der Waals surface area contributed by atoms with E-state index in [-0.39, 0.29) is 5.88 Å². The first-order valence-corrected chi connectivity index (χ1v) is 11.6. The number of carbonyl (C=O) groups is 1. The Balaban J connectivity index is 1.50. The van der Waals surface area contributed by atoms with Gasteiger partial charge >= 0.3 is 6.03 Å². The monoisotopic (exact) mass is 493 g/mol. The standard InChI is InChI=1S/C26H21Cl2N3O3/c1-26(2)33-22-13-20(12-18(14-27)24(22)34-26)29-25(32)31-15-21(16-6-4-3-5-7-16)23(30-31)17-8-10-19(28)11-9-17/h3-13,15H,14H2,1-2H3,(H,29,32). The Hall–Kier alpha value is -3.48. The molecule has 0 spiro atoms. The topological polar surface area (TPSA) is 65.4 Å². The van der Waals surface area contributed by atoms with Gasteiger partial charge in [-0.25, -0.2) is 4.79 Å². The smallest absolute Gasteiger partial charge is 0.346 e. The SMILES string of the molecule is CC1(C)Oc2cc(NC(=O)n3cc(-c4ccccc4)c(-c4ccc(Cl)cc4)n3)cc(CCl)c2O1. The number of hydrogen-bond donors (Lipinski definition) is 1. The molecule has 0 aliphatic carbocycles. The lowest BCUT2D eigenvalue weighted by molar-refractivity contribution is -0.0434. The van der Waals surface area contributed by atoms with Gasteiger partial charge in [-0.2, -0.15) is 9.78 Å². The molecule has 1 aromatic heterocycles. The fraction of sp³-hybridized carbons (Fsp3) is 0.154. The molecule has 1 aliphatic heterocycles. The van der Waals surface area contributed by atoms with Gasteiger partial charge in [0.25, 0.3) is 0 Å². The summed E-state index contributed by atoms with van der Waals surface area (Å²) in [5.41, 5.74) is 4.56. The van der Waals surface area contributed by atoms with Gasteiger partial charge in [0.15, 0.2) is 11.5 Å². The van der Waals surface area contributed by atoms with Crippen LogP contribution in [0, 0.1) is 0 Å². The van der Waals surface area contributed by atoms with Crippen LogP contribution in [0.3, 0.4) is 0 Å². The summed E-state index contributed by atoms with van der Waals surface area (Å²) in [6.07, 6.45) is 1.72. The summed E-state index contributed by atoms with van der Waals surface area (Å²) in [7, 11) is 0. The van der Waals surface area contributed by atoms with Gasteiger partial charge in [0.2, 0.25) is 5.79 Å². The summed E-state index contributed by atoms with van der Waals surface area (Å²) in [5.74, 6) is 0.539. The highest BCUT2D eigenvalue weighted by Crippen LogP contribution is 2.44. The van der Waals surface area contributed by atoms with Crippen molar-refractivity contribution >= 4 is 34.9 Å². The molecule has 4 aromatic rings. The normalized spacial score (nSPS) is 13.6. The summed E-state index contributed by atoms with van der Waals surface area (Å²) in [5, 5.41) is 8.12. The molecule has 0 radical (unpaired) electrons. The largest absolute Gasteiger partial charge is 0.449 e. The Labute approximate surface area is 207 Å². The molecule has 0 saturated heterocycles. The van der Waals surface area contributed by atoms with Gasteiger partial charge in [0.1, 0.15) is 5.69 Å². The van der Waals surface area contributed by atoms with Gasteiger partial charge in [-0.15, -0.1) is 11.6 Å². The number of nitrogens with zero attached hydrogens (tertiary/aromatic N) is 2. The van der Waals surface area contributed by atoms with E-state index in [2.05, 4.69) is 10.4 Å². The summed E-state index contributed by atoms with van der Waals surface area (Å²) in [4.78, 5) is 13.2. The van der Waals surface area contributed by atoms with Gasteiger partial charge in [0, 0.05) is 53.5 Å². The number of hydrogen-bond acceptors (Lipinski definition) is 4. The maximum atomic E-state index is 13.2. The zero-order valence-electron chi connectivity index (χ0n) is 18.5. The number of rotatable bonds is 4. The third-order valence-corrected chi connectivity index (χ3v) is 5.90. The second kappa shape index (κ2) is 8.70. The summed E-state index contributed by atoms with van der Waals surface area (Å²) in [6, 6.07) is 20.2.